The van der Waals surface area contributed by atoms with Gasteiger partial charge in [-0.1, -0.05) is 166 Å². The highest BCUT2D eigenvalue weighted by atomic mass is 32.1. The van der Waals surface area contributed by atoms with Crippen LogP contribution in [0.4, 0.5) is 17.1 Å². The van der Waals surface area contributed by atoms with Crippen LogP contribution in [-0.2, 0) is 5.41 Å². The third kappa shape index (κ3) is 5.51. The number of anilines is 3. The van der Waals surface area contributed by atoms with Gasteiger partial charge in [0.05, 0.1) is 5.69 Å². The molecular weight excluding hydrogens is 707 g/mol. The van der Waals surface area contributed by atoms with Crippen LogP contribution < -0.4 is 4.90 Å². The number of rotatable bonds is 6. The Morgan fingerprint density at radius 1 is 0.368 bits per heavy atom. The Labute approximate surface area is 337 Å². The first-order chi connectivity index (χ1) is 28.0. The molecular formula is C55H39NS. The van der Waals surface area contributed by atoms with Gasteiger partial charge in [0.15, 0.2) is 0 Å². The zero-order chi connectivity index (χ0) is 38.1. The molecule has 0 fully saturated rings. The smallest absolute Gasteiger partial charge is 0.0546 e. The fourth-order valence-electron chi connectivity index (χ4n) is 9.19. The first kappa shape index (κ1) is 33.6. The minimum atomic E-state index is -0.130. The summed E-state index contributed by atoms with van der Waals surface area (Å²) in [4.78, 5) is 2.48. The Kier molecular flexibility index (Phi) is 7.77. The molecule has 10 aromatic rings. The molecule has 0 N–H and O–H groups in total. The van der Waals surface area contributed by atoms with Crippen molar-refractivity contribution in [2.75, 3.05) is 4.90 Å². The monoisotopic (exact) mass is 745 g/mol. The lowest BCUT2D eigenvalue weighted by Gasteiger charge is -2.30. The van der Waals surface area contributed by atoms with Gasteiger partial charge in [0.1, 0.15) is 0 Å². The van der Waals surface area contributed by atoms with E-state index in [1.54, 1.807) is 0 Å². The van der Waals surface area contributed by atoms with Crippen molar-refractivity contribution >= 4 is 59.3 Å². The molecule has 0 saturated carbocycles. The lowest BCUT2D eigenvalue weighted by molar-refractivity contribution is 0.660. The first-order valence-electron chi connectivity index (χ1n) is 19.8. The summed E-state index contributed by atoms with van der Waals surface area (Å²) < 4.78 is 2.65. The molecule has 0 atom stereocenters. The molecule has 0 bridgehead atoms. The lowest BCUT2D eigenvalue weighted by Crippen LogP contribution is -2.17. The topological polar surface area (TPSA) is 3.24 Å². The first-order valence-corrected chi connectivity index (χ1v) is 20.6. The van der Waals surface area contributed by atoms with E-state index in [0.717, 1.165) is 17.1 Å². The average Bonchev–Trinajstić information content (AvgIpc) is 3.75. The predicted molar refractivity (Wildman–Crippen MR) is 245 cm³/mol. The molecule has 0 saturated heterocycles. The Morgan fingerprint density at radius 3 is 1.88 bits per heavy atom. The van der Waals surface area contributed by atoms with Crippen molar-refractivity contribution in [3.8, 4) is 44.5 Å². The van der Waals surface area contributed by atoms with Gasteiger partial charge in [0.2, 0.25) is 0 Å². The molecule has 1 heterocycles. The van der Waals surface area contributed by atoms with Crippen molar-refractivity contribution in [2.45, 2.75) is 19.3 Å². The second-order valence-electron chi connectivity index (χ2n) is 15.7. The van der Waals surface area contributed by atoms with Crippen molar-refractivity contribution in [1.29, 1.82) is 0 Å². The van der Waals surface area contributed by atoms with Gasteiger partial charge in [0, 0.05) is 42.5 Å². The molecule has 2 heteroatoms. The molecule has 1 aliphatic rings. The number of benzene rings is 9. The van der Waals surface area contributed by atoms with Crippen LogP contribution in [0.1, 0.15) is 25.0 Å². The summed E-state index contributed by atoms with van der Waals surface area (Å²) in [5.41, 5.74) is 15.9. The summed E-state index contributed by atoms with van der Waals surface area (Å²) in [6.45, 7) is 4.73. The molecule has 11 rings (SSSR count). The summed E-state index contributed by atoms with van der Waals surface area (Å²) in [6, 6.07) is 74.0. The fourth-order valence-corrected chi connectivity index (χ4v) is 10.3. The SMILES string of the molecule is CC1(C)c2ccccc2-c2ccc(N(c3ccc(-c4ccc5sc6ccccc6c5c4)cc3)c3cc(-c4cccc5ccccc45)ccc3-c3ccccc3)cc21. The van der Waals surface area contributed by atoms with E-state index in [-0.39, 0.29) is 5.41 Å². The molecule has 1 aromatic heterocycles. The Balaban J connectivity index is 1.12. The quantitative estimate of drug-likeness (QED) is 0.164. The van der Waals surface area contributed by atoms with Gasteiger partial charge in [-0.15, -0.1) is 11.3 Å². The fraction of sp³-hybridized carbons (Fsp3) is 0.0545. The molecule has 0 spiro atoms. The zero-order valence-corrected chi connectivity index (χ0v) is 32.7. The predicted octanol–water partition coefficient (Wildman–Crippen LogP) is 16.0. The van der Waals surface area contributed by atoms with Gasteiger partial charge >= 0.3 is 0 Å². The maximum Gasteiger partial charge on any atom is 0.0546 e. The molecule has 9 aromatic carbocycles. The van der Waals surface area contributed by atoms with Gasteiger partial charge < -0.3 is 4.90 Å². The summed E-state index contributed by atoms with van der Waals surface area (Å²) >= 11 is 1.86. The van der Waals surface area contributed by atoms with Crippen LogP contribution in [0.2, 0.25) is 0 Å². The van der Waals surface area contributed by atoms with Crippen LogP contribution >= 0.6 is 11.3 Å². The summed E-state index contributed by atoms with van der Waals surface area (Å²) in [5, 5.41) is 5.13. The van der Waals surface area contributed by atoms with Crippen molar-refractivity contribution in [2.24, 2.45) is 0 Å². The summed E-state index contributed by atoms with van der Waals surface area (Å²) in [7, 11) is 0. The van der Waals surface area contributed by atoms with E-state index in [2.05, 4.69) is 219 Å². The maximum absolute atomic E-state index is 2.48. The average molecular weight is 746 g/mol. The van der Waals surface area contributed by atoms with E-state index in [1.165, 1.54) is 86.6 Å². The highest BCUT2D eigenvalue weighted by molar-refractivity contribution is 7.25. The molecule has 0 aliphatic heterocycles. The number of nitrogens with zero attached hydrogens (tertiary/aromatic N) is 1. The molecule has 1 nitrogen and oxygen atoms in total. The Hall–Kier alpha value is -6.74. The number of fused-ring (bicyclic) bond motifs is 7. The second kappa shape index (κ2) is 13.2. The normalized spacial score (nSPS) is 12.9. The molecule has 270 valence electrons. The standard InChI is InChI=1S/C55H39NS/c1-55(2)50-21-10-8-18-46(50)47-31-29-42(35-51(47)55)56(41-27-23-36(24-28-41)39-26-32-54-49(33-39)48-19-9-11-22-53(48)57-54)52-34-40(25-30-45(52)38-13-4-3-5-14-38)44-20-12-16-37-15-6-7-17-43(37)44/h3-35H,1-2H3. The highest BCUT2D eigenvalue weighted by Gasteiger charge is 2.36. The minimum Gasteiger partial charge on any atom is -0.310 e. The van der Waals surface area contributed by atoms with Gasteiger partial charge in [-0.25, -0.2) is 0 Å². The van der Waals surface area contributed by atoms with Gasteiger partial charge in [0.25, 0.3) is 0 Å². The van der Waals surface area contributed by atoms with Crippen molar-refractivity contribution in [3.63, 3.8) is 0 Å². The Bertz CT molecular complexity index is 3150. The van der Waals surface area contributed by atoms with Crippen molar-refractivity contribution in [3.05, 3.63) is 211 Å². The molecule has 0 radical (unpaired) electrons. The molecule has 57 heavy (non-hydrogen) atoms. The zero-order valence-electron chi connectivity index (χ0n) is 31.9. The van der Waals surface area contributed by atoms with Crippen LogP contribution in [0.25, 0.3) is 75.5 Å². The van der Waals surface area contributed by atoms with E-state index in [9.17, 15) is 0 Å². The summed E-state index contributed by atoms with van der Waals surface area (Å²) in [6.07, 6.45) is 0. The van der Waals surface area contributed by atoms with E-state index >= 15 is 0 Å². The Morgan fingerprint density at radius 2 is 1.00 bits per heavy atom. The highest BCUT2D eigenvalue weighted by Crippen LogP contribution is 2.52. The lowest BCUT2D eigenvalue weighted by atomic mass is 9.82. The van der Waals surface area contributed by atoms with E-state index in [1.807, 2.05) is 11.3 Å². The van der Waals surface area contributed by atoms with Crippen LogP contribution in [0.15, 0.2) is 200 Å². The van der Waals surface area contributed by atoms with Crippen molar-refractivity contribution in [1.82, 2.24) is 0 Å². The third-order valence-electron chi connectivity index (χ3n) is 12.1. The van der Waals surface area contributed by atoms with Crippen LogP contribution in [-0.4, -0.2) is 0 Å². The maximum atomic E-state index is 2.48. The van der Waals surface area contributed by atoms with E-state index < -0.39 is 0 Å². The molecule has 0 unspecified atom stereocenters. The third-order valence-corrected chi connectivity index (χ3v) is 13.2. The number of hydrogen-bond acceptors (Lipinski definition) is 2. The van der Waals surface area contributed by atoms with Gasteiger partial charge in [-0.05, 0) is 109 Å². The van der Waals surface area contributed by atoms with E-state index in [4.69, 9.17) is 0 Å². The van der Waals surface area contributed by atoms with Crippen molar-refractivity contribution < 1.29 is 0 Å². The number of hydrogen-bond donors (Lipinski definition) is 0. The van der Waals surface area contributed by atoms with E-state index in [0.29, 0.717) is 0 Å². The van der Waals surface area contributed by atoms with Crippen LogP contribution in [0.3, 0.4) is 0 Å². The summed E-state index contributed by atoms with van der Waals surface area (Å²) in [5.74, 6) is 0. The molecule has 0 amide bonds. The van der Waals surface area contributed by atoms with Gasteiger partial charge in [-0.2, -0.15) is 0 Å². The largest absolute Gasteiger partial charge is 0.310 e. The molecule has 1 aliphatic carbocycles. The minimum absolute atomic E-state index is 0.130. The second-order valence-corrected chi connectivity index (χ2v) is 16.8. The van der Waals surface area contributed by atoms with Crippen LogP contribution in [0, 0.1) is 0 Å². The van der Waals surface area contributed by atoms with Gasteiger partial charge in [-0.3, -0.25) is 0 Å². The van der Waals surface area contributed by atoms with Crippen LogP contribution in [0.5, 0.6) is 0 Å². The number of thiophene rings is 1.